The molecule has 0 bridgehead atoms. The first kappa shape index (κ1) is 15.6. The van der Waals surface area contributed by atoms with Gasteiger partial charge in [0.15, 0.2) is 0 Å². The Bertz CT molecular complexity index is 562. The summed E-state index contributed by atoms with van der Waals surface area (Å²) >= 11 is 0. The molecule has 1 aromatic rings. The van der Waals surface area contributed by atoms with Gasteiger partial charge in [0.25, 0.3) is 0 Å². The van der Waals surface area contributed by atoms with E-state index in [9.17, 15) is 0 Å². The molecule has 1 aromatic carbocycles. The first-order valence-electron chi connectivity index (χ1n) is 6.68. The zero-order valence-electron chi connectivity index (χ0n) is 13.0. The molecular formula is C18H24Si. The van der Waals surface area contributed by atoms with Crippen molar-refractivity contribution in [3.63, 3.8) is 0 Å². The predicted molar refractivity (Wildman–Crippen MR) is 88.7 cm³/mol. The third kappa shape index (κ3) is 4.60. The van der Waals surface area contributed by atoms with E-state index in [1.165, 1.54) is 0 Å². The topological polar surface area (TPSA) is 0 Å². The molecule has 0 heterocycles. The SMILES string of the molecule is C=C=C(c1ccccc1C#C[Si](C)(C)C)C(C)(C)C. The molecule has 19 heavy (non-hydrogen) atoms. The van der Waals surface area contributed by atoms with Gasteiger partial charge in [-0.1, -0.05) is 71.1 Å². The molecule has 0 fully saturated rings. The molecule has 0 aromatic heterocycles. The fraction of sp³-hybridized carbons (Fsp3) is 0.389. The molecule has 0 unspecified atom stereocenters. The van der Waals surface area contributed by atoms with Crippen molar-refractivity contribution in [3.8, 4) is 11.5 Å². The van der Waals surface area contributed by atoms with Crippen LogP contribution in [0.15, 0.2) is 36.6 Å². The number of rotatable bonds is 1. The fourth-order valence-corrected chi connectivity index (χ4v) is 2.34. The number of hydrogen-bond donors (Lipinski definition) is 0. The van der Waals surface area contributed by atoms with Crippen molar-refractivity contribution >= 4 is 13.6 Å². The highest BCUT2D eigenvalue weighted by molar-refractivity contribution is 6.83. The van der Waals surface area contributed by atoms with Crippen LogP contribution in [0.2, 0.25) is 19.6 Å². The summed E-state index contributed by atoms with van der Waals surface area (Å²) in [5.74, 6) is 3.36. The molecule has 0 nitrogen and oxygen atoms in total. The molecule has 1 heteroatoms. The minimum absolute atomic E-state index is 0.0265. The lowest BCUT2D eigenvalue weighted by Crippen LogP contribution is -2.16. The monoisotopic (exact) mass is 268 g/mol. The van der Waals surface area contributed by atoms with Crippen LogP contribution in [-0.2, 0) is 0 Å². The Labute approximate surface area is 119 Å². The van der Waals surface area contributed by atoms with Gasteiger partial charge < -0.3 is 0 Å². The summed E-state index contributed by atoms with van der Waals surface area (Å²) in [5, 5.41) is 0. The van der Waals surface area contributed by atoms with Crippen molar-refractivity contribution in [2.24, 2.45) is 5.41 Å². The van der Waals surface area contributed by atoms with Crippen molar-refractivity contribution in [2.45, 2.75) is 40.4 Å². The highest BCUT2D eigenvalue weighted by Crippen LogP contribution is 2.34. The van der Waals surface area contributed by atoms with Crippen molar-refractivity contribution in [3.05, 3.63) is 47.7 Å². The van der Waals surface area contributed by atoms with Gasteiger partial charge in [-0.15, -0.1) is 11.3 Å². The molecule has 0 N–H and O–H groups in total. The molecule has 0 saturated carbocycles. The minimum atomic E-state index is -1.36. The van der Waals surface area contributed by atoms with Gasteiger partial charge in [-0.05, 0) is 11.5 Å². The number of allylic oxidation sites excluding steroid dienone is 1. The number of hydrogen-bond acceptors (Lipinski definition) is 0. The van der Waals surface area contributed by atoms with Crippen molar-refractivity contribution in [1.82, 2.24) is 0 Å². The lowest BCUT2D eigenvalue weighted by atomic mass is 9.81. The second-order valence-electron chi connectivity index (χ2n) is 6.85. The Morgan fingerprint density at radius 2 is 1.68 bits per heavy atom. The summed E-state index contributed by atoms with van der Waals surface area (Å²) in [6.07, 6.45) is 0. The summed E-state index contributed by atoms with van der Waals surface area (Å²) in [6.45, 7) is 17.2. The highest BCUT2D eigenvalue weighted by Gasteiger charge is 2.20. The highest BCUT2D eigenvalue weighted by atomic mass is 28.3. The summed E-state index contributed by atoms with van der Waals surface area (Å²) in [4.78, 5) is 0. The van der Waals surface area contributed by atoms with Crippen LogP contribution in [0.3, 0.4) is 0 Å². The molecule has 0 spiro atoms. The van der Waals surface area contributed by atoms with Gasteiger partial charge in [-0.3, -0.25) is 0 Å². The summed E-state index contributed by atoms with van der Waals surface area (Å²) in [7, 11) is -1.36. The lowest BCUT2D eigenvalue weighted by Gasteiger charge is -2.22. The van der Waals surface area contributed by atoms with Gasteiger partial charge in [0.1, 0.15) is 8.07 Å². The van der Waals surface area contributed by atoms with Crippen molar-refractivity contribution in [1.29, 1.82) is 0 Å². The molecular weight excluding hydrogens is 244 g/mol. The predicted octanol–water partition coefficient (Wildman–Crippen LogP) is 5.13. The maximum Gasteiger partial charge on any atom is 0.129 e. The van der Waals surface area contributed by atoms with Crippen LogP contribution in [0, 0.1) is 16.9 Å². The molecule has 1 rings (SSSR count). The maximum absolute atomic E-state index is 3.85. The molecule has 0 radical (unpaired) electrons. The lowest BCUT2D eigenvalue weighted by molar-refractivity contribution is 0.567. The third-order valence-electron chi connectivity index (χ3n) is 2.70. The van der Waals surface area contributed by atoms with Gasteiger partial charge in [-0.25, -0.2) is 0 Å². The normalized spacial score (nSPS) is 11.3. The van der Waals surface area contributed by atoms with Crippen LogP contribution in [0.5, 0.6) is 0 Å². The van der Waals surface area contributed by atoms with E-state index in [4.69, 9.17) is 0 Å². The van der Waals surface area contributed by atoms with Crippen molar-refractivity contribution < 1.29 is 0 Å². The van der Waals surface area contributed by atoms with Gasteiger partial charge in [0, 0.05) is 16.7 Å². The smallest absolute Gasteiger partial charge is 0.127 e. The molecule has 0 atom stereocenters. The average Bonchev–Trinajstić information content (AvgIpc) is 2.26. The van der Waals surface area contributed by atoms with E-state index < -0.39 is 8.07 Å². The summed E-state index contributed by atoms with van der Waals surface area (Å²) in [5.41, 5.74) is 9.95. The quantitative estimate of drug-likeness (QED) is 0.376. The second kappa shape index (κ2) is 5.66. The van der Waals surface area contributed by atoms with E-state index >= 15 is 0 Å². The zero-order valence-corrected chi connectivity index (χ0v) is 14.0. The van der Waals surface area contributed by atoms with E-state index in [1.54, 1.807) is 0 Å². The Morgan fingerprint density at radius 1 is 1.11 bits per heavy atom. The fourth-order valence-electron chi connectivity index (χ4n) is 1.83. The minimum Gasteiger partial charge on any atom is -0.127 e. The van der Waals surface area contributed by atoms with Crippen molar-refractivity contribution in [2.75, 3.05) is 0 Å². The van der Waals surface area contributed by atoms with Crippen LogP contribution in [-0.4, -0.2) is 8.07 Å². The Hall–Kier alpha value is -1.48. The van der Waals surface area contributed by atoms with Crippen LogP contribution >= 0.6 is 0 Å². The molecule has 0 aliphatic carbocycles. The molecule has 0 amide bonds. The second-order valence-corrected chi connectivity index (χ2v) is 11.6. The largest absolute Gasteiger partial charge is 0.129 e. The zero-order chi connectivity index (χ0) is 14.7. The third-order valence-corrected chi connectivity index (χ3v) is 3.57. The Morgan fingerprint density at radius 3 is 2.16 bits per heavy atom. The van der Waals surface area contributed by atoms with E-state index in [0.29, 0.717) is 0 Å². The standard InChI is InChI=1S/C18H24Si/c1-8-17(18(2,3)4)16-12-10-9-11-15(16)13-14-19(5,6)7/h9-12H,1H2,2-7H3. The van der Waals surface area contributed by atoms with Gasteiger partial charge in [-0.2, -0.15) is 0 Å². The molecule has 0 saturated heterocycles. The molecule has 0 aliphatic rings. The van der Waals surface area contributed by atoms with E-state index in [0.717, 1.165) is 16.7 Å². The maximum atomic E-state index is 3.85. The van der Waals surface area contributed by atoms with Gasteiger partial charge in [0.05, 0.1) is 0 Å². The van der Waals surface area contributed by atoms with E-state index in [2.05, 4.69) is 82.4 Å². The Balaban J connectivity index is 3.38. The van der Waals surface area contributed by atoms with Crippen LogP contribution in [0.25, 0.3) is 5.57 Å². The van der Waals surface area contributed by atoms with Gasteiger partial charge in [0.2, 0.25) is 0 Å². The summed E-state index contributed by atoms with van der Waals surface area (Å²) in [6, 6.07) is 8.30. The average molecular weight is 268 g/mol. The first-order chi connectivity index (χ1) is 8.65. The molecule has 0 aliphatic heterocycles. The van der Waals surface area contributed by atoms with E-state index in [1.807, 2.05) is 6.07 Å². The van der Waals surface area contributed by atoms with Crippen LogP contribution < -0.4 is 0 Å². The summed E-state index contributed by atoms with van der Waals surface area (Å²) < 4.78 is 0. The van der Waals surface area contributed by atoms with Crippen LogP contribution in [0.4, 0.5) is 0 Å². The van der Waals surface area contributed by atoms with Crippen LogP contribution in [0.1, 0.15) is 31.9 Å². The first-order valence-corrected chi connectivity index (χ1v) is 10.2. The molecule has 100 valence electrons. The number of benzene rings is 1. The van der Waals surface area contributed by atoms with Gasteiger partial charge >= 0.3 is 0 Å². The van der Waals surface area contributed by atoms with E-state index in [-0.39, 0.29) is 5.41 Å². The Kier molecular flexibility index (Phi) is 4.64.